The summed E-state index contributed by atoms with van der Waals surface area (Å²) in [4.78, 5) is -0.531. The lowest BCUT2D eigenvalue weighted by atomic mass is 9.93. The van der Waals surface area contributed by atoms with Crippen molar-refractivity contribution in [2.24, 2.45) is 0 Å². The first-order valence-corrected chi connectivity index (χ1v) is 9.15. The largest absolute Gasteiger partial charge is 0.490 e. The van der Waals surface area contributed by atoms with Crippen LogP contribution in [0.15, 0.2) is 17.0 Å². The van der Waals surface area contributed by atoms with E-state index in [1.54, 1.807) is 0 Å². The summed E-state index contributed by atoms with van der Waals surface area (Å²) in [5, 5.41) is 9.82. The Hall–Kier alpha value is -1.35. The van der Waals surface area contributed by atoms with Crippen LogP contribution >= 0.6 is 0 Å². The van der Waals surface area contributed by atoms with Gasteiger partial charge in [-0.3, -0.25) is 0 Å². The van der Waals surface area contributed by atoms with Crippen LogP contribution in [0.25, 0.3) is 0 Å². The third kappa shape index (κ3) is 2.48. The number of sulfone groups is 1. The van der Waals surface area contributed by atoms with Crippen LogP contribution in [-0.4, -0.2) is 37.5 Å². The Labute approximate surface area is 136 Å². The molecule has 0 aliphatic heterocycles. The molecule has 2 aliphatic rings. The zero-order valence-corrected chi connectivity index (χ0v) is 13.5. The molecule has 0 heterocycles. The first-order chi connectivity index (χ1) is 11.1. The lowest BCUT2D eigenvalue weighted by molar-refractivity contribution is -0.144. The molecule has 0 spiro atoms. The van der Waals surface area contributed by atoms with Gasteiger partial charge in [0.05, 0.1) is 10.6 Å². The van der Waals surface area contributed by atoms with Gasteiger partial charge in [0.1, 0.15) is 24.1 Å². The van der Waals surface area contributed by atoms with Crippen molar-refractivity contribution >= 4 is 9.84 Å². The molecule has 2 atom stereocenters. The fourth-order valence-corrected chi connectivity index (χ4v) is 4.11. The molecular weight excluding hydrogens is 352 g/mol. The maximum absolute atomic E-state index is 14.3. The van der Waals surface area contributed by atoms with E-state index in [1.165, 1.54) is 6.92 Å². The van der Waals surface area contributed by atoms with E-state index in [1.807, 2.05) is 0 Å². The number of ether oxygens (including phenoxy) is 1. The van der Waals surface area contributed by atoms with Crippen LogP contribution in [0.1, 0.15) is 43.2 Å². The first-order valence-electron chi connectivity index (χ1n) is 7.49. The predicted octanol–water partition coefficient (Wildman–Crippen LogP) is 3.05. The Morgan fingerprint density at radius 3 is 2.42 bits per heavy atom. The minimum atomic E-state index is -4.16. The average molecular weight is 368 g/mol. The second-order valence-electron chi connectivity index (χ2n) is 6.04. The van der Waals surface area contributed by atoms with Gasteiger partial charge in [0.2, 0.25) is 0 Å². The number of fused-ring (bicyclic) bond motifs is 1. The number of hydrogen-bond donors (Lipinski definition) is 1. The van der Waals surface area contributed by atoms with Crippen molar-refractivity contribution in [3.05, 3.63) is 23.3 Å². The summed E-state index contributed by atoms with van der Waals surface area (Å²) in [7, 11) is -3.95. The van der Waals surface area contributed by atoms with Crippen molar-refractivity contribution in [1.82, 2.24) is 0 Å². The van der Waals surface area contributed by atoms with E-state index < -0.39 is 56.3 Å². The standard InChI is InChI=1S/C15H16F4O4S/c1-2-24(21,22)10-4-3-9(23-8-5-7(16)6-8)11-12(10)14(20)15(18,19)13(11)17/h3-4,7-8,13-14,20H,2,5-6H2,1H3/t7?,8?,13-,14+/m1/s1. The zero-order chi connectivity index (χ0) is 17.9. The van der Waals surface area contributed by atoms with E-state index >= 15 is 0 Å². The molecule has 1 aromatic rings. The second kappa shape index (κ2) is 5.59. The molecule has 1 aromatic carbocycles. The molecule has 0 bridgehead atoms. The molecule has 24 heavy (non-hydrogen) atoms. The fourth-order valence-electron chi connectivity index (χ4n) is 2.97. The number of aliphatic hydroxyl groups excluding tert-OH is 1. The SMILES string of the molecule is CCS(=O)(=O)c1ccc(OC2CC(F)C2)c2c1[C@H](O)C(F)(F)[C@@H]2F. The van der Waals surface area contributed by atoms with Crippen LogP contribution in [-0.2, 0) is 9.84 Å². The zero-order valence-electron chi connectivity index (χ0n) is 12.7. The highest BCUT2D eigenvalue weighted by Crippen LogP contribution is 2.57. The maximum Gasteiger partial charge on any atom is 0.312 e. The molecule has 0 radical (unpaired) electrons. The van der Waals surface area contributed by atoms with Crippen molar-refractivity contribution in [1.29, 1.82) is 0 Å². The smallest absolute Gasteiger partial charge is 0.312 e. The van der Waals surface area contributed by atoms with E-state index in [-0.39, 0.29) is 24.3 Å². The van der Waals surface area contributed by atoms with E-state index in [0.717, 1.165) is 12.1 Å². The summed E-state index contributed by atoms with van der Waals surface area (Å²) in [6.45, 7) is 1.31. The quantitative estimate of drug-likeness (QED) is 0.830. The van der Waals surface area contributed by atoms with Gasteiger partial charge in [0.15, 0.2) is 16.0 Å². The molecule has 1 N–H and O–H groups in total. The van der Waals surface area contributed by atoms with Gasteiger partial charge in [-0.1, -0.05) is 6.92 Å². The summed E-state index contributed by atoms with van der Waals surface area (Å²) in [6.07, 6.45) is -7.02. The van der Waals surface area contributed by atoms with Gasteiger partial charge in [-0.05, 0) is 12.1 Å². The molecule has 1 fully saturated rings. The number of benzene rings is 1. The van der Waals surface area contributed by atoms with E-state index in [2.05, 4.69) is 0 Å². The van der Waals surface area contributed by atoms with E-state index in [4.69, 9.17) is 4.74 Å². The van der Waals surface area contributed by atoms with Gasteiger partial charge >= 0.3 is 5.92 Å². The Balaban J connectivity index is 2.13. The predicted molar refractivity (Wildman–Crippen MR) is 76.5 cm³/mol. The number of aliphatic hydroxyl groups is 1. The summed E-state index contributed by atoms with van der Waals surface area (Å²) in [5.74, 6) is -4.83. The summed E-state index contributed by atoms with van der Waals surface area (Å²) < 4.78 is 84.6. The second-order valence-corrected chi connectivity index (χ2v) is 8.29. The summed E-state index contributed by atoms with van der Waals surface area (Å²) >= 11 is 0. The van der Waals surface area contributed by atoms with Crippen LogP contribution < -0.4 is 4.74 Å². The highest BCUT2D eigenvalue weighted by Gasteiger charge is 2.59. The Kier molecular flexibility index (Phi) is 4.07. The normalized spacial score (nSPS) is 31.4. The van der Waals surface area contributed by atoms with Crippen LogP contribution in [0.2, 0.25) is 0 Å². The van der Waals surface area contributed by atoms with Crippen LogP contribution in [0, 0.1) is 0 Å². The molecule has 1 saturated carbocycles. The Morgan fingerprint density at radius 1 is 1.25 bits per heavy atom. The summed E-state index contributed by atoms with van der Waals surface area (Å²) in [6, 6.07) is 2.11. The maximum atomic E-state index is 14.3. The van der Waals surface area contributed by atoms with Gasteiger partial charge in [0.25, 0.3) is 0 Å². The van der Waals surface area contributed by atoms with E-state index in [0.29, 0.717) is 0 Å². The Bertz CT molecular complexity index is 759. The third-order valence-electron chi connectivity index (χ3n) is 4.48. The first kappa shape index (κ1) is 17.5. The molecular formula is C15H16F4O4S. The van der Waals surface area contributed by atoms with Crippen LogP contribution in [0.4, 0.5) is 17.6 Å². The van der Waals surface area contributed by atoms with Gasteiger partial charge in [-0.25, -0.2) is 17.2 Å². The molecule has 0 unspecified atom stereocenters. The number of halogens is 4. The lowest BCUT2D eigenvalue weighted by Crippen LogP contribution is -2.35. The molecule has 4 nitrogen and oxygen atoms in total. The monoisotopic (exact) mass is 368 g/mol. The highest BCUT2D eigenvalue weighted by atomic mass is 32.2. The summed E-state index contributed by atoms with van der Waals surface area (Å²) in [5.41, 5.74) is -1.33. The molecule has 134 valence electrons. The molecule has 2 aliphatic carbocycles. The highest BCUT2D eigenvalue weighted by molar-refractivity contribution is 7.91. The topological polar surface area (TPSA) is 63.6 Å². The molecule has 0 amide bonds. The van der Waals surface area contributed by atoms with E-state index in [9.17, 15) is 31.1 Å². The third-order valence-corrected chi connectivity index (χ3v) is 6.27. The van der Waals surface area contributed by atoms with Crippen molar-refractivity contribution in [2.45, 2.75) is 55.1 Å². The van der Waals surface area contributed by atoms with Crippen LogP contribution in [0.5, 0.6) is 5.75 Å². The minimum absolute atomic E-state index is 0.0552. The molecule has 0 saturated heterocycles. The lowest BCUT2D eigenvalue weighted by Gasteiger charge is -2.31. The van der Waals surface area contributed by atoms with Gasteiger partial charge in [-0.2, -0.15) is 8.78 Å². The van der Waals surface area contributed by atoms with Crippen molar-refractivity contribution in [3.63, 3.8) is 0 Å². The van der Waals surface area contributed by atoms with Crippen molar-refractivity contribution in [3.8, 4) is 5.75 Å². The Morgan fingerprint density at radius 2 is 1.88 bits per heavy atom. The minimum Gasteiger partial charge on any atom is -0.490 e. The van der Waals surface area contributed by atoms with Gasteiger partial charge in [0, 0.05) is 24.0 Å². The molecule has 3 rings (SSSR count). The van der Waals surface area contributed by atoms with Gasteiger partial charge < -0.3 is 9.84 Å². The molecule has 0 aromatic heterocycles. The molecule has 9 heteroatoms. The average Bonchev–Trinajstić information content (AvgIpc) is 2.67. The number of alkyl halides is 4. The van der Waals surface area contributed by atoms with Crippen molar-refractivity contribution in [2.75, 3.05) is 5.75 Å². The van der Waals surface area contributed by atoms with Crippen molar-refractivity contribution < 1.29 is 35.8 Å². The number of hydrogen-bond acceptors (Lipinski definition) is 4. The van der Waals surface area contributed by atoms with Gasteiger partial charge in [-0.15, -0.1) is 0 Å². The fraction of sp³-hybridized carbons (Fsp3) is 0.600. The van der Waals surface area contributed by atoms with Crippen LogP contribution in [0.3, 0.4) is 0 Å². The number of rotatable bonds is 4.